The molecule has 0 unspecified atom stereocenters. The molecule has 2 fully saturated rings. The number of aromatic nitrogens is 2. The Morgan fingerprint density at radius 1 is 1.18 bits per heavy atom. The van der Waals surface area contributed by atoms with Gasteiger partial charge in [0.05, 0.1) is 13.2 Å². The number of carbonyl (C=O) groups is 2. The maximum absolute atomic E-state index is 12.8. The normalized spacial score (nSPS) is 23.6. The average Bonchev–Trinajstić information content (AvgIpc) is 3.26. The fourth-order valence-corrected chi connectivity index (χ4v) is 4.42. The number of nitrogens with one attached hydrogen (secondary N) is 1. The number of hydrogen-bond acceptors (Lipinski definition) is 5. The molecule has 0 bridgehead atoms. The van der Waals surface area contributed by atoms with Gasteiger partial charge in [0, 0.05) is 50.8 Å². The van der Waals surface area contributed by atoms with Crippen LogP contribution in [0.15, 0.2) is 41.5 Å². The zero-order valence-electron chi connectivity index (χ0n) is 15.8. The number of H-pyrrole nitrogens is 1. The number of hydrogen-bond donors (Lipinski definition) is 1. The third-order valence-corrected chi connectivity index (χ3v) is 5.72. The Balaban J connectivity index is 1.60. The molecule has 0 radical (unpaired) electrons. The van der Waals surface area contributed by atoms with Crippen LogP contribution in [0.1, 0.15) is 29.0 Å². The van der Waals surface area contributed by atoms with E-state index in [-0.39, 0.29) is 35.4 Å². The van der Waals surface area contributed by atoms with Gasteiger partial charge in [-0.25, -0.2) is 4.98 Å². The molecule has 3 atom stereocenters. The molecule has 2 aromatic rings. The largest absolute Gasteiger partial charge is 0.497 e. The van der Waals surface area contributed by atoms with Crippen LogP contribution >= 0.6 is 0 Å². The minimum Gasteiger partial charge on any atom is -0.497 e. The molecule has 0 aliphatic carbocycles. The molecule has 8 heteroatoms. The van der Waals surface area contributed by atoms with Crippen molar-refractivity contribution in [3.8, 4) is 5.75 Å². The molecule has 1 aromatic carbocycles. The van der Waals surface area contributed by atoms with Crippen LogP contribution in [0.3, 0.4) is 0 Å². The van der Waals surface area contributed by atoms with Crippen LogP contribution in [0.2, 0.25) is 0 Å². The third-order valence-electron chi connectivity index (χ3n) is 5.72. The quantitative estimate of drug-likeness (QED) is 0.857. The molecule has 2 amide bonds. The van der Waals surface area contributed by atoms with Gasteiger partial charge in [0.15, 0.2) is 5.69 Å². The van der Waals surface area contributed by atoms with E-state index in [4.69, 9.17) is 4.74 Å². The molecule has 2 aliphatic heterocycles. The van der Waals surface area contributed by atoms with Crippen LogP contribution in [0.5, 0.6) is 5.75 Å². The molecule has 3 heterocycles. The molecule has 146 valence electrons. The predicted molar refractivity (Wildman–Crippen MR) is 101 cm³/mol. The molecule has 0 saturated carbocycles. The number of amides is 2. The number of aromatic amines is 1. The maximum atomic E-state index is 12.8. The van der Waals surface area contributed by atoms with E-state index in [0.29, 0.717) is 19.6 Å². The number of fused-ring (bicyclic) bond motifs is 1. The first-order valence-electron chi connectivity index (χ1n) is 9.23. The Labute approximate surface area is 162 Å². The van der Waals surface area contributed by atoms with Gasteiger partial charge in [0.1, 0.15) is 5.75 Å². The lowest BCUT2D eigenvalue weighted by Gasteiger charge is -2.29. The van der Waals surface area contributed by atoms with E-state index in [1.54, 1.807) is 18.9 Å². The molecule has 0 spiro atoms. The second kappa shape index (κ2) is 7.10. The van der Waals surface area contributed by atoms with Crippen LogP contribution in [-0.4, -0.2) is 58.3 Å². The van der Waals surface area contributed by atoms with Gasteiger partial charge in [-0.15, -0.1) is 0 Å². The maximum Gasteiger partial charge on any atom is 0.279 e. The van der Waals surface area contributed by atoms with Crippen LogP contribution in [-0.2, 0) is 4.79 Å². The standard InChI is InChI=1S/C20H22N4O4/c1-12(25)24-10-14-9-23(20(27)17-19(26)22-8-7-21-17)11-16(14)18(24)13-3-5-15(28-2)6-4-13/h3-8,14,16,18H,9-11H2,1-2H3,(H,22,26)/t14-,16-,18+/m1/s1. The van der Waals surface area contributed by atoms with Crippen molar-refractivity contribution >= 4 is 11.8 Å². The Morgan fingerprint density at radius 2 is 1.93 bits per heavy atom. The number of carbonyl (C=O) groups excluding carboxylic acids is 2. The lowest BCUT2D eigenvalue weighted by molar-refractivity contribution is -0.130. The van der Waals surface area contributed by atoms with Crippen molar-refractivity contribution in [2.24, 2.45) is 11.8 Å². The molecule has 1 aromatic heterocycles. The number of rotatable bonds is 3. The highest BCUT2D eigenvalue weighted by Gasteiger charge is 2.49. The summed E-state index contributed by atoms with van der Waals surface area (Å²) in [5.41, 5.74) is 0.446. The lowest BCUT2D eigenvalue weighted by atomic mass is 9.89. The predicted octanol–water partition coefficient (Wildman–Crippen LogP) is 1.07. The average molecular weight is 382 g/mol. The Kier molecular flexibility index (Phi) is 4.62. The van der Waals surface area contributed by atoms with Crippen LogP contribution in [0.4, 0.5) is 0 Å². The van der Waals surface area contributed by atoms with Gasteiger partial charge in [-0.1, -0.05) is 12.1 Å². The highest BCUT2D eigenvalue weighted by molar-refractivity contribution is 5.92. The Bertz CT molecular complexity index is 955. The van der Waals surface area contributed by atoms with Crippen molar-refractivity contribution in [1.29, 1.82) is 0 Å². The van der Waals surface area contributed by atoms with Crippen LogP contribution in [0, 0.1) is 11.8 Å². The van der Waals surface area contributed by atoms with Crippen LogP contribution in [0.25, 0.3) is 0 Å². The minimum atomic E-state index is -0.485. The number of benzene rings is 1. The highest BCUT2D eigenvalue weighted by Crippen LogP contribution is 2.45. The molecule has 1 N–H and O–H groups in total. The first-order valence-corrected chi connectivity index (χ1v) is 9.23. The Morgan fingerprint density at radius 3 is 2.57 bits per heavy atom. The van der Waals surface area contributed by atoms with E-state index < -0.39 is 5.56 Å². The summed E-state index contributed by atoms with van der Waals surface area (Å²) in [5, 5.41) is 0. The van der Waals surface area contributed by atoms with Gasteiger partial charge >= 0.3 is 0 Å². The number of likely N-dealkylation sites (tertiary alicyclic amines) is 2. The second-order valence-corrected chi connectivity index (χ2v) is 7.29. The van der Waals surface area contributed by atoms with E-state index in [0.717, 1.165) is 11.3 Å². The molecule has 8 nitrogen and oxygen atoms in total. The van der Waals surface area contributed by atoms with Crippen molar-refractivity contribution in [3.63, 3.8) is 0 Å². The highest BCUT2D eigenvalue weighted by atomic mass is 16.5. The third kappa shape index (κ3) is 3.04. The summed E-state index contributed by atoms with van der Waals surface area (Å²) in [6.45, 7) is 3.17. The summed E-state index contributed by atoms with van der Waals surface area (Å²) >= 11 is 0. The topological polar surface area (TPSA) is 95.6 Å². The summed E-state index contributed by atoms with van der Waals surface area (Å²) in [4.78, 5) is 46.9. The van der Waals surface area contributed by atoms with Crippen molar-refractivity contribution < 1.29 is 14.3 Å². The Hall–Kier alpha value is -3.16. The molecule has 28 heavy (non-hydrogen) atoms. The lowest BCUT2D eigenvalue weighted by Crippen LogP contribution is -2.38. The van der Waals surface area contributed by atoms with Gasteiger partial charge < -0.3 is 19.5 Å². The molecular formula is C20H22N4O4. The fourth-order valence-electron chi connectivity index (χ4n) is 4.42. The van der Waals surface area contributed by atoms with Crippen LogP contribution < -0.4 is 10.3 Å². The fraction of sp³-hybridized carbons (Fsp3) is 0.400. The number of ether oxygens (including phenoxy) is 1. The minimum absolute atomic E-state index is 0.0225. The number of methoxy groups -OCH3 is 1. The first kappa shape index (κ1) is 18.2. The zero-order chi connectivity index (χ0) is 19.8. The summed E-state index contributed by atoms with van der Waals surface area (Å²) in [6, 6.07) is 7.59. The second-order valence-electron chi connectivity index (χ2n) is 7.29. The SMILES string of the molecule is COc1ccc([C@H]2[C@@H]3CN(C(=O)c4ncc[nH]c4=O)C[C@@H]3CN2C(C)=O)cc1. The first-order chi connectivity index (χ1) is 13.5. The van der Waals surface area contributed by atoms with E-state index >= 15 is 0 Å². The van der Waals surface area contributed by atoms with Gasteiger partial charge in [0.2, 0.25) is 5.91 Å². The van der Waals surface area contributed by atoms with Gasteiger partial charge in [-0.2, -0.15) is 0 Å². The molecule has 4 rings (SSSR count). The number of nitrogens with zero attached hydrogens (tertiary/aromatic N) is 3. The molecule has 2 saturated heterocycles. The smallest absolute Gasteiger partial charge is 0.279 e. The summed E-state index contributed by atoms with van der Waals surface area (Å²) in [5.74, 6) is 0.699. The van der Waals surface area contributed by atoms with Gasteiger partial charge in [0.25, 0.3) is 11.5 Å². The van der Waals surface area contributed by atoms with E-state index in [1.807, 2.05) is 29.2 Å². The zero-order valence-corrected chi connectivity index (χ0v) is 15.8. The van der Waals surface area contributed by atoms with E-state index in [1.165, 1.54) is 12.4 Å². The summed E-state index contributed by atoms with van der Waals surface area (Å²) in [6.07, 6.45) is 2.81. The van der Waals surface area contributed by atoms with Gasteiger partial charge in [-0.3, -0.25) is 14.4 Å². The monoisotopic (exact) mass is 382 g/mol. The van der Waals surface area contributed by atoms with Crippen molar-refractivity contribution in [3.05, 3.63) is 58.3 Å². The van der Waals surface area contributed by atoms with E-state index in [2.05, 4.69) is 9.97 Å². The van der Waals surface area contributed by atoms with Gasteiger partial charge in [-0.05, 0) is 17.7 Å². The van der Waals surface area contributed by atoms with Crippen molar-refractivity contribution in [1.82, 2.24) is 19.8 Å². The van der Waals surface area contributed by atoms with E-state index in [9.17, 15) is 14.4 Å². The summed E-state index contributed by atoms with van der Waals surface area (Å²) in [7, 11) is 1.61. The van der Waals surface area contributed by atoms with Crippen molar-refractivity contribution in [2.45, 2.75) is 13.0 Å². The summed E-state index contributed by atoms with van der Waals surface area (Å²) < 4.78 is 5.23. The molecular weight excluding hydrogens is 360 g/mol. The van der Waals surface area contributed by atoms with Crippen molar-refractivity contribution in [2.75, 3.05) is 26.7 Å². The molecule has 2 aliphatic rings.